The van der Waals surface area contributed by atoms with Gasteiger partial charge in [-0.3, -0.25) is 4.99 Å². The molecular weight excluding hydrogens is 184 g/mol. The van der Waals surface area contributed by atoms with Gasteiger partial charge in [-0.05, 0) is 50.5 Å². The third kappa shape index (κ3) is 2.49. The monoisotopic (exact) mass is 204 g/mol. The molecule has 15 heavy (non-hydrogen) atoms. The van der Waals surface area contributed by atoms with Crippen LogP contribution in [0.5, 0.6) is 0 Å². The van der Waals surface area contributed by atoms with E-state index in [2.05, 4.69) is 11.1 Å². The Labute approximate surface area is 92.0 Å². The Morgan fingerprint density at radius 1 is 1.67 bits per heavy atom. The summed E-state index contributed by atoms with van der Waals surface area (Å²) in [6.45, 7) is 3.01. The summed E-state index contributed by atoms with van der Waals surface area (Å²) < 4.78 is 0. The second kappa shape index (κ2) is 4.65. The van der Waals surface area contributed by atoms with Gasteiger partial charge in [0.05, 0.1) is 0 Å². The average Bonchev–Trinajstić information content (AvgIpc) is 2.29. The van der Waals surface area contributed by atoms with E-state index in [1.54, 1.807) is 0 Å². The number of aliphatic imine (C=N–C) groups is 1. The molecule has 0 aromatic carbocycles. The highest BCUT2D eigenvalue weighted by molar-refractivity contribution is 6.01. The molecule has 0 amide bonds. The predicted molar refractivity (Wildman–Crippen MR) is 64.9 cm³/mol. The number of hydrogen-bond donors (Lipinski definition) is 1. The number of fused-ring (bicyclic) bond motifs is 1. The molecule has 1 aliphatic heterocycles. The van der Waals surface area contributed by atoms with Crippen molar-refractivity contribution in [2.45, 2.75) is 39.0 Å². The minimum absolute atomic E-state index is 0.718. The van der Waals surface area contributed by atoms with Crippen molar-refractivity contribution in [1.82, 2.24) is 0 Å². The lowest BCUT2D eigenvalue weighted by molar-refractivity contribution is 0.478. The first-order valence-corrected chi connectivity index (χ1v) is 5.93. The predicted octanol–water partition coefficient (Wildman–Crippen LogP) is 2.81. The molecule has 0 spiro atoms. The van der Waals surface area contributed by atoms with Crippen LogP contribution in [0.2, 0.25) is 0 Å². The summed E-state index contributed by atoms with van der Waals surface area (Å²) in [4.78, 5) is 4.62. The van der Waals surface area contributed by atoms with Gasteiger partial charge < -0.3 is 5.73 Å². The Morgan fingerprint density at radius 2 is 2.53 bits per heavy atom. The van der Waals surface area contributed by atoms with E-state index in [1.165, 1.54) is 24.1 Å². The van der Waals surface area contributed by atoms with Crippen molar-refractivity contribution in [2.75, 3.05) is 6.54 Å². The Bertz CT molecular complexity index is 323. The van der Waals surface area contributed by atoms with Crippen LogP contribution < -0.4 is 5.73 Å². The zero-order valence-corrected chi connectivity index (χ0v) is 9.50. The molecule has 0 unspecified atom stereocenters. The van der Waals surface area contributed by atoms with Gasteiger partial charge in [0.25, 0.3) is 0 Å². The molecule has 2 N–H and O–H groups in total. The SMILES string of the molecule is C/C=C(\N)C[C@@H]1CCC2=CCCN=C2C1. The minimum atomic E-state index is 0.718. The van der Waals surface area contributed by atoms with E-state index in [0.29, 0.717) is 0 Å². The summed E-state index contributed by atoms with van der Waals surface area (Å²) in [6, 6.07) is 0. The largest absolute Gasteiger partial charge is 0.402 e. The third-order valence-electron chi connectivity index (χ3n) is 3.39. The fourth-order valence-corrected chi connectivity index (χ4v) is 2.46. The summed E-state index contributed by atoms with van der Waals surface area (Å²) in [6.07, 6.45) is 10.2. The number of nitrogens with zero attached hydrogens (tertiary/aromatic N) is 1. The van der Waals surface area contributed by atoms with Crippen LogP contribution in [0.3, 0.4) is 0 Å². The molecule has 1 heterocycles. The summed E-state index contributed by atoms with van der Waals surface area (Å²) in [7, 11) is 0. The number of dihydropyridines is 1. The van der Waals surface area contributed by atoms with Crippen LogP contribution >= 0.6 is 0 Å². The molecule has 0 bridgehead atoms. The quantitative estimate of drug-likeness (QED) is 0.738. The van der Waals surface area contributed by atoms with Crippen LogP contribution in [-0.4, -0.2) is 12.3 Å². The van der Waals surface area contributed by atoms with Gasteiger partial charge in [-0.1, -0.05) is 12.2 Å². The smallest absolute Gasteiger partial charge is 0.0427 e. The highest BCUT2D eigenvalue weighted by Gasteiger charge is 2.23. The van der Waals surface area contributed by atoms with Gasteiger partial charge >= 0.3 is 0 Å². The zero-order valence-electron chi connectivity index (χ0n) is 9.50. The lowest BCUT2D eigenvalue weighted by Crippen LogP contribution is -2.21. The van der Waals surface area contributed by atoms with Crippen LogP contribution in [0.4, 0.5) is 0 Å². The van der Waals surface area contributed by atoms with Crippen LogP contribution in [0.25, 0.3) is 0 Å². The van der Waals surface area contributed by atoms with Gasteiger partial charge in [0.2, 0.25) is 0 Å². The molecule has 2 aliphatic rings. The van der Waals surface area contributed by atoms with E-state index in [-0.39, 0.29) is 0 Å². The molecule has 0 radical (unpaired) electrons. The first-order chi connectivity index (χ1) is 7.29. The molecule has 1 fully saturated rings. The van der Waals surface area contributed by atoms with Gasteiger partial charge in [-0.2, -0.15) is 0 Å². The van der Waals surface area contributed by atoms with E-state index in [1.807, 2.05) is 13.0 Å². The van der Waals surface area contributed by atoms with E-state index in [9.17, 15) is 0 Å². The average molecular weight is 204 g/mol. The van der Waals surface area contributed by atoms with Crippen LogP contribution in [0.1, 0.15) is 39.0 Å². The van der Waals surface area contributed by atoms with Crippen LogP contribution in [0.15, 0.2) is 28.4 Å². The van der Waals surface area contributed by atoms with Crippen molar-refractivity contribution in [3.8, 4) is 0 Å². The van der Waals surface area contributed by atoms with Gasteiger partial charge in [0.15, 0.2) is 0 Å². The van der Waals surface area contributed by atoms with Gasteiger partial charge in [0, 0.05) is 18.0 Å². The number of hydrogen-bond acceptors (Lipinski definition) is 2. The van der Waals surface area contributed by atoms with E-state index in [0.717, 1.165) is 37.4 Å². The molecular formula is C13H20N2. The van der Waals surface area contributed by atoms with Crippen molar-refractivity contribution in [2.24, 2.45) is 16.6 Å². The maximum Gasteiger partial charge on any atom is 0.0427 e. The van der Waals surface area contributed by atoms with E-state index < -0.39 is 0 Å². The van der Waals surface area contributed by atoms with Crippen molar-refractivity contribution in [1.29, 1.82) is 0 Å². The van der Waals surface area contributed by atoms with Crippen molar-refractivity contribution < 1.29 is 0 Å². The van der Waals surface area contributed by atoms with Gasteiger partial charge in [-0.15, -0.1) is 0 Å². The molecule has 2 rings (SSSR count). The fraction of sp³-hybridized carbons (Fsp3) is 0.615. The first-order valence-electron chi connectivity index (χ1n) is 5.93. The molecule has 82 valence electrons. The van der Waals surface area contributed by atoms with Crippen molar-refractivity contribution in [3.05, 3.63) is 23.4 Å². The second-order valence-corrected chi connectivity index (χ2v) is 4.52. The molecule has 1 saturated carbocycles. The summed E-state index contributed by atoms with van der Waals surface area (Å²) >= 11 is 0. The lowest BCUT2D eigenvalue weighted by Gasteiger charge is -2.27. The molecule has 0 aromatic heterocycles. The summed E-state index contributed by atoms with van der Waals surface area (Å²) in [5.41, 5.74) is 9.78. The second-order valence-electron chi connectivity index (χ2n) is 4.52. The third-order valence-corrected chi connectivity index (χ3v) is 3.39. The highest BCUT2D eigenvalue weighted by atomic mass is 14.7. The first kappa shape index (κ1) is 10.5. The number of allylic oxidation sites excluding steroid dienone is 3. The van der Waals surface area contributed by atoms with Crippen LogP contribution in [-0.2, 0) is 0 Å². The minimum Gasteiger partial charge on any atom is -0.402 e. The molecule has 1 aliphatic carbocycles. The van der Waals surface area contributed by atoms with Gasteiger partial charge in [-0.25, -0.2) is 0 Å². The number of nitrogens with two attached hydrogens (primary N) is 1. The van der Waals surface area contributed by atoms with Crippen LogP contribution in [0, 0.1) is 5.92 Å². The highest BCUT2D eigenvalue weighted by Crippen LogP contribution is 2.31. The Balaban J connectivity index is 1.97. The Kier molecular flexibility index (Phi) is 3.24. The molecule has 2 heteroatoms. The molecule has 1 atom stereocenters. The number of rotatable bonds is 2. The van der Waals surface area contributed by atoms with Gasteiger partial charge in [0.1, 0.15) is 0 Å². The maximum atomic E-state index is 5.88. The topological polar surface area (TPSA) is 38.4 Å². The van der Waals surface area contributed by atoms with E-state index >= 15 is 0 Å². The molecule has 0 aromatic rings. The zero-order chi connectivity index (χ0) is 10.7. The normalized spacial score (nSPS) is 26.7. The summed E-state index contributed by atoms with van der Waals surface area (Å²) in [5, 5.41) is 0. The molecule has 0 saturated heterocycles. The fourth-order valence-electron chi connectivity index (χ4n) is 2.46. The Hall–Kier alpha value is -1.05. The standard InChI is InChI=1S/C13H20N2/c1-2-12(14)8-10-5-6-11-4-3-7-15-13(11)9-10/h2,4,10H,3,5-9,14H2,1H3/b12-2-/t10-/m0/s1. The molecule has 2 nitrogen and oxygen atoms in total. The Morgan fingerprint density at radius 3 is 3.33 bits per heavy atom. The summed E-state index contributed by atoms with van der Waals surface area (Å²) in [5.74, 6) is 0.718. The lowest BCUT2D eigenvalue weighted by atomic mass is 9.81. The van der Waals surface area contributed by atoms with Crippen molar-refractivity contribution >= 4 is 5.71 Å². The van der Waals surface area contributed by atoms with E-state index in [4.69, 9.17) is 5.73 Å². The maximum absolute atomic E-state index is 5.88. The van der Waals surface area contributed by atoms with Crippen molar-refractivity contribution in [3.63, 3.8) is 0 Å².